The van der Waals surface area contributed by atoms with E-state index >= 15 is 0 Å². The number of rotatable bonds is 53. The summed E-state index contributed by atoms with van der Waals surface area (Å²) in [5.41, 5.74) is 0. The first-order valence-electron chi connectivity index (χ1n) is 29.3. The molecule has 0 aromatic heterocycles. The van der Waals surface area contributed by atoms with Crippen molar-refractivity contribution in [1.29, 1.82) is 0 Å². The van der Waals surface area contributed by atoms with E-state index in [1.54, 1.807) is 0 Å². The highest BCUT2D eigenvalue weighted by molar-refractivity contribution is 4.70. The lowest BCUT2D eigenvalue weighted by molar-refractivity contribution is -0.916. The Balaban J connectivity index is 0. The van der Waals surface area contributed by atoms with Gasteiger partial charge in [0.1, 0.15) is 0 Å². The molecule has 2 atom stereocenters. The zero-order valence-electron chi connectivity index (χ0n) is 44.0. The Bertz CT molecular complexity index is 764. The fourth-order valence-corrected chi connectivity index (χ4v) is 10.5. The van der Waals surface area contributed by atoms with Gasteiger partial charge in [0.15, 0.2) is 0 Å². The maximum Gasteiger partial charge on any atom is 0.0888 e. The number of hydrogen-bond acceptors (Lipinski definition) is 0. The van der Waals surface area contributed by atoms with Crippen molar-refractivity contribution in [1.82, 2.24) is 0 Å². The van der Waals surface area contributed by atoms with E-state index in [-0.39, 0.29) is 12.4 Å². The molecule has 0 aromatic rings. The largest absolute Gasteiger partial charge is 1.00 e. The Morgan fingerprint density at radius 3 is 0.689 bits per heavy atom. The second kappa shape index (κ2) is 52.9. The van der Waals surface area contributed by atoms with Crippen molar-refractivity contribution < 1.29 is 16.9 Å². The van der Waals surface area contributed by atoms with Crippen LogP contribution in [0, 0.1) is 5.92 Å². The molecule has 0 aliphatic rings. The summed E-state index contributed by atoms with van der Waals surface area (Å²) in [6.45, 7) is 10.7. The van der Waals surface area contributed by atoms with Crippen LogP contribution in [0.2, 0.25) is 0 Å². The average molecular weight is 881 g/mol. The Labute approximate surface area is 396 Å². The molecule has 0 amide bonds. The van der Waals surface area contributed by atoms with Crippen LogP contribution in [0.25, 0.3) is 0 Å². The molecular weight excluding hydrogens is 758 g/mol. The highest BCUT2D eigenvalue weighted by atomic mass is 35.5. The summed E-state index contributed by atoms with van der Waals surface area (Å²) in [7, 11) is 5.31. The first kappa shape index (κ1) is 63.3. The number of quaternary nitrogens is 1. The van der Waals surface area contributed by atoms with Crippen molar-refractivity contribution in [3.63, 3.8) is 0 Å². The van der Waals surface area contributed by atoms with Crippen LogP contribution < -0.4 is 12.4 Å². The SMILES string of the molecule is CCCCCCCCCCCCCCCC[N+](C)(C)C(CCCCCCCCCCCC)CC(CCCCCCCCCCCC)CCCCCCCCCCCCCC.[Cl-]. The molecule has 0 N–H and O–H groups in total. The number of hydrogen-bond donors (Lipinski definition) is 0. The van der Waals surface area contributed by atoms with Crippen molar-refractivity contribution in [2.75, 3.05) is 20.6 Å². The van der Waals surface area contributed by atoms with E-state index in [9.17, 15) is 0 Å². The van der Waals surface area contributed by atoms with Crippen LogP contribution in [0.1, 0.15) is 349 Å². The molecule has 0 spiro atoms. The van der Waals surface area contributed by atoms with E-state index in [0.29, 0.717) is 0 Å². The third kappa shape index (κ3) is 48.0. The van der Waals surface area contributed by atoms with Gasteiger partial charge in [-0.15, -0.1) is 0 Å². The van der Waals surface area contributed by atoms with Crippen LogP contribution in [0.3, 0.4) is 0 Å². The van der Waals surface area contributed by atoms with Gasteiger partial charge in [-0.2, -0.15) is 0 Å². The molecule has 0 aromatic carbocycles. The molecule has 0 aliphatic carbocycles. The van der Waals surface area contributed by atoms with Crippen molar-refractivity contribution in [3.8, 4) is 0 Å². The van der Waals surface area contributed by atoms with Crippen LogP contribution in [0.4, 0.5) is 0 Å². The average Bonchev–Trinajstić information content (AvgIpc) is 3.24. The zero-order chi connectivity index (χ0) is 43.7. The van der Waals surface area contributed by atoms with E-state index in [1.165, 1.54) is 332 Å². The topological polar surface area (TPSA) is 0 Å². The van der Waals surface area contributed by atoms with Crippen LogP contribution in [0.5, 0.6) is 0 Å². The quantitative estimate of drug-likeness (QED) is 0.0422. The molecular formula is C59H122ClN. The van der Waals surface area contributed by atoms with E-state index in [0.717, 1.165) is 12.0 Å². The fourth-order valence-electron chi connectivity index (χ4n) is 10.5. The van der Waals surface area contributed by atoms with Crippen LogP contribution >= 0.6 is 0 Å². The van der Waals surface area contributed by atoms with Gasteiger partial charge >= 0.3 is 0 Å². The summed E-state index contributed by atoms with van der Waals surface area (Å²) in [5, 5.41) is 0. The molecule has 1 nitrogen and oxygen atoms in total. The van der Waals surface area contributed by atoms with Crippen LogP contribution in [0.15, 0.2) is 0 Å². The van der Waals surface area contributed by atoms with E-state index in [1.807, 2.05) is 0 Å². The smallest absolute Gasteiger partial charge is 0.0888 e. The molecule has 61 heavy (non-hydrogen) atoms. The summed E-state index contributed by atoms with van der Waals surface area (Å²) >= 11 is 0. The molecule has 2 heteroatoms. The van der Waals surface area contributed by atoms with E-state index in [4.69, 9.17) is 0 Å². The van der Waals surface area contributed by atoms with Gasteiger partial charge in [-0.05, 0) is 31.6 Å². The monoisotopic (exact) mass is 880 g/mol. The van der Waals surface area contributed by atoms with Gasteiger partial charge in [-0.1, -0.05) is 317 Å². The first-order valence-corrected chi connectivity index (χ1v) is 29.3. The summed E-state index contributed by atoms with van der Waals surface area (Å²) in [6.07, 6.45) is 73.5. The molecule has 0 bridgehead atoms. The summed E-state index contributed by atoms with van der Waals surface area (Å²) in [6, 6.07) is 0.867. The summed E-state index contributed by atoms with van der Waals surface area (Å²) in [4.78, 5) is 0. The summed E-state index contributed by atoms with van der Waals surface area (Å²) in [5.74, 6) is 0.962. The lowest BCUT2D eigenvalue weighted by atomic mass is 9.86. The standard InChI is InChI=1S/C59H122N.ClH/c1-7-11-15-19-23-27-31-33-34-36-40-44-48-52-56-60(5,6)59(55-51-47-43-39-30-26-22-18-14-10-4)57-58(53-49-45-41-37-29-25-21-17-13-9-3)54-50-46-42-38-35-32-28-24-20-16-12-8-2;/h58-59H,7-57H2,1-6H3;1H/q+1;/p-1. The molecule has 2 unspecified atom stereocenters. The van der Waals surface area contributed by atoms with Gasteiger partial charge < -0.3 is 16.9 Å². The molecule has 0 heterocycles. The highest BCUT2D eigenvalue weighted by Crippen LogP contribution is 2.30. The van der Waals surface area contributed by atoms with Crippen LogP contribution in [-0.4, -0.2) is 31.2 Å². The van der Waals surface area contributed by atoms with E-state index < -0.39 is 0 Å². The van der Waals surface area contributed by atoms with Gasteiger partial charge in [0.05, 0.1) is 26.7 Å². The predicted molar refractivity (Wildman–Crippen MR) is 278 cm³/mol. The lowest BCUT2D eigenvalue weighted by Gasteiger charge is -2.40. The minimum absolute atomic E-state index is 0. The fraction of sp³-hybridized carbons (Fsp3) is 1.00. The molecule has 0 aliphatic heterocycles. The number of halogens is 1. The number of unbranched alkanes of at least 4 members (excludes halogenated alkanes) is 42. The maximum absolute atomic E-state index is 2.66. The highest BCUT2D eigenvalue weighted by Gasteiger charge is 2.30. The van der Waals surface area contributed by atoms with Crippen LogP contribution in [-0.2, 0) is 0 Å². The molecule has 0 saturated heterocycles. The first-order chi connectivity index (χ1) is 29.5. The Kier molecular flexibility index (Phi) is 54.9. The lowest BCUT2D eigenvalue weighted by Crippen LogP contribution is -3.00. The number of nitrogens with zero attached hydrogens (tertiary/aromatic N) is 1. The van der Waals surface area contributed by atoms with Crippen molar-refractivity contribution in [2.24, 2.45) is 5.92 Å². The minimum Gasteiger partial charge on any atom is -1.00 e. The molecule has 0 fully saturated rings. The van der Waals surface area contributed by atoms with Crippen molar-refractivity contribution in [3.05, 3.63) is 0 Å². The van der Waals surface area contributed by atoms with Crippen molar-refractivity contribution >= 4 is 0 Å². The maximum atomic E-state index is 2.66. The molecule has 0 saturated carbocycles. The molecule has 370 valence electrons. The Morgan fingerprint density at radius 2 is 0.443 bits per heavy atom. The van der Waals surface area contributed by atoms with E-state index in [2.05, 4.69) is 41.8 Å². The molecule has 0 radical (unpaired) electrons. The van der Waals surface area contributed by atoms with Gasteiger partial charge in [-0.3, -0.25) is 0 Å². The predicted octanol–water partition coefficient (Wildman–Crippen LogP) is 18.6. The van der Waals surface area contributed by atoms with Gasteiger partial charge in [0.2, 0.25) is 0 Å². The minimum atomic E-state index is 0. The molecule has 0 rings (SSSR count). The van der Waals surface area contributed by atoms with Gasteiger partial charge in [-0.25, -0.2) is 0 Å². The third-order valence-electron chi connectivity index (χ3n) is 15.0. The van der Waals surface area contributed by atoms with Gasteiger partial charge in [0.25, 0.3) is 0 Å². The second-order valence-electron chi connectivity index (χ2n) is 21.5. The Morgan fingerprint density at radius 1 is 0.246 bits per heavy atom. The summed E-state index contributed by atoms with van der Waals surface area (Å²) < 4.78 is 1.29. The Hall–Kier alpha value is 0.250. The normalized spacial score (nSPS) is 12.9. The van der Waals surface area contributed by atoms with Crippen molar-refractivity contribution in [2.45, 2.75) is 355 Å². The third-order valence-corrected chi connectivity index (χ3v) is 15.0. The second-order valence-corrected chi connectivity index (χ2v) is 21.5. The zero-order valence-corrected chi connectivity index (χ0v) is 44.8. The van der Waals surface area contributed by atoms with Gasteiger partial charge in [0, 0.05) is 6.42 Å².